The van der Waals surface area contributed by atoms with E-state index in [4.69, 9.17) is 14.2 Å². The second kappa shape index (κ2) is 15.1. The number of ether oxygens (including phenoxy) is 3. The van der Waals surface area contributed by atoms with E-state index in [1.54, 1.807) is 27.4 Å². The number of aliphatic hydroxyl groups excluding tert-OH is 1. The van der Waals surface area contributed by atoms with Crippen molar-refractivity contribution in [2.45, 2.75) is 37.7 Å². The summed E-state index contributed by atoms with van der Waals surface area (Å²) in [6, 6.07) is 14.0. The van der Waals surface area contributed by atoms with E-state index in [0.717, 1.165) is 68.5 Å². The van der Waals surface area contributed by atoms with Crippen LogP contribution in [0.2, 0.25) is 0 Å². The van der Waals surface area contributed by atoms with Crippen LogP contribution in [0.25, 0.3) is 0 Å². The molecule has 2 heterocycles. The summed E-state index contributed by atoms with van der Waals surface area (Å²) in [5, 5.41) is 13.5. The van der Waals surface area contributed by atoms with Gasteiger partial charge in [0, 0.05) is 30.4 Å². The van der Waals surface area contributed by atoms with Gasteiger partial charge in [-0.2, -0.15) is 0 Å². The minimum absolute atomic E-state index is 0.156. The Morgan fingerprint density at radius 3 is 1.97 bits per heavy atom. The number of piperidine rings is 2. The first-order valence-corrected chi connectivity index (χ1v) is 13.6. The van der Waals surface area contributed by atoms with Gasteiger partial charge >= 0.3 is 0 Å². The topological polar surface area (TPSA) is 66.4 Å². The quantitative estimate of drug-likeness (QED) is 0.455. The first-order valence-electron chi connectivity index (χ1n) is 13.1. The molecule has 0 amide bonds. The molecule has 2 aromatic rings. The number of nitrogens with zero attached hydrogens (tertiary/aromatic N) is 2. The molecule has 2 N–H and O–H groups in total. The average molecular weight is 530 g/mol. The van der Waals surface area contributed by atoms with Crippen LogP contribution in [0.15, 0.2) is 42.5 Å². The molecule has 8 heteroatoms. The van der Waals surface area contributed by atoms with Gasteiger partial charge in [0.05, 0.1) is 32.9 Å². The van der Waals surface area contributed by atoms with E-state index in [1.165, 1.54) is 23.9 Å². The SMILES string of the molecule is COc1cc(NC=S)cc(OC)c1.COc1ccc(C2CCN(CC(O)C3CCN(C)CC3)CC2)cc1. The summed E-state index contributed by atoms with van der Waals surface area (Å²) in [4.78, 5) is 4.83. The Morgan fingerprint density at radius 2 is 1.46 bits per heavy atom. The van der Waals surface area contributed by atoms with E-state index in [2.05, 4.69) is 58.6 Å². The molecule has 0 spiro atoms. The Bertz CT molecular complexity index is 920. The molecule has 1 unspecified atom stereocenters. The van der Waals surface area contributed by atoms with Crippen LogP contribution in [0.4, 0.5) is 5.69 Å². The third-order valence-electron chi connectivity index (χ3n) is 7.50. The Kier molecular flexibility index (Phi) is 11.9. The maximum absolute atomic E-state index is 10.6. The van der Waals surface area contributed by atoms with Crippen molar-refractivity contribution in [2.75, 3.05) is 66.4 Å². The van der Waals surface area contributed by atoms with Crippen molar-refractivity contribution >= 4 is 23.4 Å². The van der Waals surface area contributed by atoms with E-state index in [0.29, 0.717) is 11.8 Å². The Balaban J connectivity index is 0.000000248. The molecule has 1 atom stereocenters. The highest BCUT2D eigenvalue weighted by Crippen LogP contribution is 2.30. The van der Waals surface area contributed by atoms with Crippen molar-refractivity contribution in [3.8, 4) is 17.2 Å². The lowest BCUT2D eigenvalue weighted by Crippen LogP contribution is -2.43. The maximum atomic E-state index is 10.6. The predicted octanol–water partition coefficient (Wildman–Crippen LogP) is 4.65. The van der Waals surface area contributed by atoms with Crippen LogP contribution < -0.4 is 19.5 Å². The molecule has 2 fully saturated rings. The fraction of sp³-hybridized carbons (Fsp3) is 0.552. The summed E-state index contributed by atoms with van der Waals surface area (Å²) in [5.41, 5.74) is 3.71. The fourth-order valence-electron chi connectivity index (χ4n) is 5.11. The largest absolute Gasteiger partial charge is 0.497 e. The van der Waals surface area contributed by atoms with E-state index < -0.39 is 0 Å². The van der Waals surface area contributed by atoms with Gasteiger partial charge in [0.1, 0.15) is 17.2 Å². The zero-order chi connectivity index (χ0) is 26.6. The summed E-state index contributed by atoms with van der Waals surface area (Å²) in [6.45, 7) is 5.30. The number of likely N-dealkylation sites (tertiary alicyclic amines) is 2. The monoisotopic (exact) mass is 529 g/mol. The van der Waals surface area contributed by atoms with Gasteiger partial charge in [0.15, 0.2) is 0 Å². The number of anilines is 1. The number of hydrogen-bond acceptors (Lipinski definition) is 7. The van der Waals surface area contributed by atoms with Gasteiger partial charge in [-0.3, -0.25) is 0 Å². The third-order valence-corrected chi connectivity index (χ3v) is 7.62. The van der Waals surface area contributed by atoms with Crippen molar-refractivity contribution in [2.24, 2.45) is 5.92 Å². The molecule has 0 aromatic heterocycles. The smallest absolute Gasteiger partial charge is 0.124 e. The summed E-state index contributed by atoms with van der Waals surface area (Å²) in [6.07, 6.45) is 4.50. The van der Waals surface area contributed by atoms with Crippen molar-refractivity contribution < 1.29 is 19.3 Å². The van der Waals surface area contributed by atoms with E-state index in [1.807, 2.05) is 12.1 Å². The molecule has 2 aliphatic heterocycles. The van der Waals surface area contributed by atoms with Gasteiger partial charge < -0.3 is 34.4 Å². The van der Waals surface area contributed by atoms with Crippen molar-refractivity contribution in [3.05, 3.63) is 48.0 Å². The summed E-state index contributed by atoms with van der Waals surface area (Å²) in [7, 11) is 7.10. The van der Waals surface area contributed by atoms with Crippen molar-refractivity contribution in [1.29, 1.82) is 0 Å². The van der Waals surface area contributed by atoms with Crippen LogP contribution in [0.1, 0.15) is 37.2 Å². The molecule has 7 nitrogen and oxygen atoms in total. The molecule has 2 aromatic carbocycles. The molecule has 0 aliphatic carbocycles. The Morgan fingerprint density at radius 1 is 0.892 bits per heavy atom. The highest BCUT2D eigenvalue weighted by Gasteiger charge is 2.27. The van der Waals surface area contributed by atoms with E-state index in [-0.39, 0.29) is 6.10 Å². The van der Waals surface area contributed by atoms with Crippen LogP contribution in [0, 0.1) is 5.92 Å². The summed E-state index contributed by atoms with van der Waals surface area (Å²) >= 11 is 4.68. The second-order valence-corrected chi connectivity index (χ2v) is 10.2. The van der Waals surface area contributed by atoms with Crippen LogP contribution in [0.5, 0.6) is 17.2 Å². The van der Waals surface area contributed by atoms with E-state index >= 15 is 0 Å². The summed E-state index contributed by atoms with van der Waals surface area (Å²) < 4.78 is 15.4. The first-order chi connectivity index (χ1) is 17.9. The highest BCUT2D eigenvalue weighted by molar-refractivity contribution is 7.79. The van der Waals surface area contributed by atoms with Gasteiger partial charge in [-0.25, -0.2) is 0 Å². The van der Waals surface area contributed by atoms with Crippen molar-refractivity contribution in [3.63, 3.8) is 0 Å². The predicted molar refractivity (Wildman–Crippen MR) is 154 cm³/mol. The third kappa shape index (κ3) is 9.14. The number of methoxy groups -OCH3 is 3. The molecule has 0 radical (unpaired) electrons. The summed E-state index contributed by atoms with van der Waals surface area (Å²) in [5.74, 6) is 3.53. The lowest BCUT2D eigenvalue weighted by Gasteiger charge is -2.37. The lowest BCUT2D eigenvalue weighted by atomic mass is 9.88. The minimum Gasteiger partial charge on any atom is -0.497 e. The van der Waals surface area contributed by atoms with Gasteiger partial charge in [0.2, 0.25) is 0 Å². The number of hydrogen-bond donors (Lipinski definition) is 2. The van der Waals surface area contributed by atoms with Gasteiger partial charge in [-0.05, 0) is 88.4 Å². The van der Waals surface area contributed by atoms with Gasteiger partial charge in [-0.1, -0.05) is 24.4 Å². The molecule has 204 valence electrons. The molecular formula is C29H43N3O4S. The maximum Gasteiger partial charge on any atom is 0.124 e. The number of thiocarbonyl (C=S) groups is 1. The van der Waals surface area contributed by atoms with Gasteiger partial charge in [0.25, 0.3) is 0 Å². The molecular weight excluding hydrogens is 486 g/mol. The van der Waals surface area contributed by atoms with Crippen molar-refractivity contribution in [1.82, 2.24) is 9.80 Å². The standard InChI is InChI=1S/C20H32N2O2.C9H11NO2S/c1-21-11-7-18(8-12-21)20(23)15-22-13-9-17(10-14-22)16-3-5-19(24-2)6-4-16;1-11-8-3-7(10-6-13)4-9(5-8)12-2/h3-6,17-18,20,23H,7-15H2,1-2H3;3-6H,1-2H3,(H,10,13). The number of nitrogens with one attached hydrogen (secondary N) is 1. The number of aliphatic hydroxyl groups is 1. The van der Waals surface area contributed by atoms with E-state index in [9.17, 15) is 5.11 Å². The average Bonchev–Trinajstić information content (AvgIpc) is 2.94. The Hall–Kier alpha value is -2.39. The molecule has 0 bridgehead atoms. The van der Waals surface area contributed by atoms with Crippen LogP contribution in [-0.4, -0.2) is 87.6 Å². The Labute approximate surface area is 227 Å². The van der Waals surface area contributed by atoms with Crippen LogP contribution in [0.3, 0.4) is 0 Å². The zero-order valence-electron chi connectivity index (χ0n) is 22.7. The molecule has 37 heavy (non-hydrogen) atoms. The first kappa shape index (κ1) is 29.2. The van der Waals surface area contributed by atoms with Crippen LogP contribution in [-0.2, 0) is 0 Å². The molecule has 0 saturated carbocycles. The van der Waals surface area contributed by atoms with Gasteiger partial charge in [-0.15, -0.1) is 0 Å². The molecule has 2 saturated heterocycles. The minimum atomic E-state index is -0.156. The lowest BCUT2D eigenvalue weighted by molar-refractivity contribution is 0.0294. The number of β-amino-alcohol motifs (C(OH)–C–C–N with tert-alkyl or cyclic N) is 1. The zero-order valence-corrected chi connectivity index (χ0v) is 23.5. The molecule has 2 aliphatic rings. The number of rotatable bonds is 9. The number of benzene rings is 2. The second-order valence-electron chi connectivity index (χ2n) is 9.92. The fourth-order valence-corrected chi connectivity index (χ4v) is 5.25. The normalized spacial score (nSPS) is 18.3. The van der Waals surface area contributed by atoms with Crippen LogP contribution >= 0.6 is 12.2 Å². The molecule has 4 rings (SSSR count). The highest BCUT2D eigenvalue weighted by atomic mass is 32.1.